The summed E-state index contributed by atoms with van der Waals surface area (Å²) in [6.45, 7) is 1.99. The Morgan fingerprint density at radius 2 is 1.91 bits per heavy atom. The Hall–Kier alpha value is -2.54. The zero-order valence-electron chi connectivity index (χ0n) is 12.2. The number of methoxy groups -OCH3 is 1. The van der Waals surface area contributed by atoms with Crippen molar-refractivity contribution in [1.29, 1.82) is 0 Å². The van der Waals surface area contributed by atoms with Crippen molar-refractivity contribution in [2.75, 3.05) is 12.4 Å². The van der Waals surface area contributed by atoms with Gasteiger partial charge >= 0.3 is 5.97 Å². The number of hydrogen-bond acceptors (Lipinski definition) is 5. The van der Waals surface area contributed by atoms with Crippen LogP contribution in [0.2, 0.25) is 0 Å². The maximum absolute atomic E-state index is 11.6. The number of benzene rings is 1. The van der Waals surface area contributed by atoms with E-state index >= 15 is 0 Å². The molecule has 2 rings (SSSR count). The summed E-state index contributed by atoms with van der Waals surface area (Å²) in [6.07, 6.45) is 2.89. The predicted octanol–water partition coefficient (Wildman–Crippen LogP) is 2.31. The zero-order chi connectivity index (χ0) is 15.9. The highest BCUT2D eigenvalue weighted by atomic mass is 32.1. The van der Waals surface area contributed by atoms with Gasteiger partial charge in [0.05, 0.1) is 13.2 Å². The van der Waals surface area contributed by atoms with Gasteiger partial charge in [0.1, 0.15) is 0 Å². The molecule has 22 heavy (non-hydrogen) atoms. The lowest BCUT2D eigenvalue weighted by molar-refractivity contribution is 0.0595. The standard InChI is InChI=1S/C15H16N4O2S/c1-10(11-6-4-3-5-7-11)18-15(22)19-13-12(14(20)21-2)16-8-9-17-13/h3-10H,1-2H3,(H2,17,18,19,22). The first-order chi connectivity index (χ1) is 10.6. The molecule has 0 aliphatic heterocycles. The van der Waals surface area contributed by atoms with Gasteiger partial charge in [-0.05, 0) is 24.7 Å². The first-order valence-electron chi connectivity index (χ1n) is 6.63. The van der Waals surface area contributed by atoms with Crippen molar-refractivity contribution in [1.82, 2.24) is 15.3 Å². The van der Waals surface area contributed by atoms with Gasteiger partial charge in [0, 0.05) is 12.4 Å². The second-order valence-corrected chi connectivity index (χ2v) is 4.88. The number of carbonyl (C=O) groups is 1. The van der Waals surface area contributed by atoms with E-state index in [2.05, 4.69) is 25.3 Å². The topological polar surface area (TPSA) is 76.1 Å². The molecule has 2 aromatic rings. The molecule has 1 atom stereocenters. The highest BCUT2D eigenvalue weighted by Gasteiger charge is 2.16. The van der Waals surface area contributed by atoms with Gasteiger partial charge in [-0.3, -0.25) is 0 Å². The molecular weight excluding hydrogens is 300 g/mol. The molecule has 0 saturated heterocycles. The van der Waals surface area contributed by atoms with Crippen LogP contribution in [0, 0.1) is 0 Å². The molecule has 0 saturated carbocycles. The number of carbonyl (C=O) groups excluding carboxylic acids is 1. The minimum atomic E-state index is -0.575. The second-order valence-electron chi connectivity index (χ2n) is 4.48. The minimum Gasteiger partial charge on any atom is -0.464 e. The third-order valence-corrected chi connectivity index (χ3v) is 3.18. The fourth-order valence-corrected chi connectivity index (χ4v) is 2.11. The largest absolute Gasteiger partial charge is 0.464 e. The summed E-state index contributed by atoms with van der Waals surface area (Å²) in [6, 6.07) is 9.89. The number of hydrogen-bond donors (Lipinski definition) is 2. The molecule has 0 bridgehead atoms. The Bertz CT molecular complexity index is 664. The maximum atomic E-state index is 11.6. The lowest BCUT2D eigenvalue weighted by Crippen LogP contribution is -2.32. The molecule has 6 nitrogen and oxygen atoms in total. The Balaban J connectivity index is 2.05. The SMILES string of the molecule is COC(=O)c1nccnc1NC(=S)NC(C)c1ccccc1. The average molecular weight is 316 g/mol. The molecule has 1 aromatic heterocycles. The third kappa shape index (κ3) is 3.98. The number of ether oxygens (including phenoxy) is 1. The number of rotatable bonds is 4. The molecule has 2 N–H and O–H groups in total. The highest BCUT2D eigenvalue weighted by molar-refractivity contribution is 7.80. The molecule has 0 fully saturated rings. The normalized spacial score (nSPS) is 11.4. The van der Waals surface area contributed by atoms with E-state index < -0.39 is 5.97 Å². The molecule has 0 radical (unpaired) electrons. The van der Waals surface area contributed by atoms with E-state index in [1.165, 1.54) is 19.5 Å². The molecule has 0 aliphatic carbocycles. The van der Waals surface area contributed by atoms with E-state index in [0.717, 1.165) is 5.56 Å². The Kier molecular flexibility index (Phi) is 5.37. The van der Waals surface area contributed by atoms with Gasteiger partial charge in [0.25, 0.3) is 0 Å². The van der Waals surface area contributed by atoms with Crippen molar-refractivity contribution >= 4 is 29.1 Å². The summed E-state index contributed by atoms with van der Waals surface area (Å²) < 4.78 is 4.66. The molecule has 1 aromatic carbocycles. The van der Waals surface area contributed by atoms with E-state index in [4.69, 9.17) is 12.2 Å². The summed E-state index contributed by atoms with van der Waals surface area (Å²) in [7, 11) is 1.29. The molecule has 1 unspecified atom stereocenters. The molecule has 7 heteroatoms. The smallest absolute Gasteiger partial charge is 0.360 e. The van der Waals surface area contributed by atoms with Crippen LogP contribution in [0.15, 0.2) is 42.7 Å². The van der Waals surface area contributed by atoms with Gasteiger partial charge in [-0.25, -0.2) is 14.8 Å². The van der Waals surface area contributed by atoms with Crippen molar-refractivity contribution in [2.45, 2.75) is 13.0 Å². The van der Waals surface area contributed by atoms with E-state index in [0.29, 0.717) is 5.11 Å². The summed E-state index contributed by atoms with van der Waals surface area (Å²) in [4.78, 5) is 19.6. The third-order valence-electron chi connectivity index (χ3n) is 2.96. The van der Waals surface area contributed by atoms with Crippen molar-refractivity contribution < 1.29 is 9.53 Å². The predicted molar refractivity (Wildman–Crippen MR) is 87.6 cm³/mol. The molecule has 114 valence electrons. The van der Waals surface area contributed by atoms with Crippen LogP contribution in [0.4, 0.5) is 5.82 Å². The fourth-order valence-electron chi connectivity index (χ4n) is 1.84. The summed E-state index contributed by atoms with van der Waals surface area (Å²) >= 11 is 5.25. The first-order valence-corrected chi connectivity index (χ1v) is 7.04. The maximum Gasteiger partial charge on any atom is 0.360 e. The Morgan fingerprint density at radius 3 is 2.59 bits per heavy atom. The summed E-state index contributed by atoms with van der Waals surface area (Å²) in [5.41, 5.74) is 1.18. The van der Waals surface area contributed by atoms with Crippen molar-refractivity contribution in [3.05, 3.63) is 54.0 Å². The Labute approximate surface area is 133 Å². The van der Waals surface area contributed by atoms with Crippen LogP contribution in [0.3, 0.4) is 0 Å². The van der Waals surface area contributed by atoms with Crippen molar-refractivity contribution in [3.8, 4) is 0 Å². The van der Waals surface area contributed by atoms with E-state index in [-0.39, 0.29) is 17.6 Å². The van der Waals surface area contributed by atoms with E-state index in [1.807, 2.05) is 37.3 Å². The van der Waals surface area contributed by atoms with Crippen LogP contribution in [0.25, 0.3) is 0 Å². The molecule has 0 spiro atoms. The van der Waals surface area contributed by atoms with Crippen molar-refractivity contribution in [2.24, 2.45) is 0 Å². The van der Waals surface area contributed by atoms with E-state index in [1.54, 1.807) is 0 Å². The monoisotopic (exact) mass is 316 g/mol. The first kappa shape index (κ1) is 15.8. The van der Waals surface area contributed by atoms with Gasteiger partial charge in [-0.15, -0.1) is 0 Å². The van der Waals surface area contributed by atoms with Crippen LogP contribution in [-0.4, -0.2) is 28.2 Å². The lowest BCUT2D eigenvalue weighted by Gasteiger charge is -2.17. The van der Waals surface area contributed by atoms with Gasteiger partial charge in [0.2, 0.25) is 0 Å². The Morgan fingerprint density at radius 1 is 1.23 bits per heavy atom. The quantitative estimate of drug-likeness (QED) is 0.662. The molecule has 0 amide bonds. The average Bonchev–Trinajstić information content (AvgIpc) is 2.55. The van der Waals surface area contributed by atoms with Crippen LogP contribution >= 0.6 is 12.2 Å². The van der Waals surface area contributed by atoms with Gasteiger partial charge < -0.3 is 15.4 Å². The van der Waals surface area contributed by atoms with E-state index in [9.17, 15) is 4.79 Å². The van der Waals surface area contributed by atoms with Crippen LogP contribution in [-0.2, 0) is 4.74 Å². The number of anilines is 1. The molecule has 1 heterocycles. The summed E-state index contributed by atoms with van der Waals surface area (Å²) in [5.74, 6) is -0.318. The number of nitrogens with one attached hydrogen (secondary N) is 2. The molecular formula is C15H16N4O2S. The van der Waals surface area contributed by atoms with Gasteiger partial charge in [-0.1, -0.05) is 30.3 Å². The molecule has 0 aliphatic rings. The lowest BCUT2D eigenvalue weighted by atomic mass is 10.1. The van der Waals surface area contributed by atoms with Gasteiger partial charge in [-0.2, -0.15) is 0 Å². The van der Waals surface area contributed by atoms with Crippen LogP contribution < -0.4 is 10.6 Å². The second kappa shape index (κ2) is 7.46. The van der Waals surface area contributed by atoms with Crippen LogP contribution in [0.1, 0.15) is 29.0 Å². The minimum absolute atomic E-state index is 0.0134. The van der Waals surface area contributed by atoms with Crippen molar-refractivity contribution in [3.63, 3.8) is 0 Å². The fraction of sp³-hybridized carbons (Fsp3) is 0.200. The number of nitrogens with zero attached hydrogens (tertiary/aromatic N) is 2. The number of aromatic nitrogens is 2. The number of esters is 1. The van der Waals surface area contributed by atoms with Gasteiger partial charge in [0.15, 0.2) is 16.6 Å². The summed E-state index contributed by atoms with van der Waals surface area (Å²) in [5, 5.41) is 6.35. The highest BCUT2D eigenvalue weighted by Crippen LogP contribution is 2.13. The zero-order valence-corrected chi connectivity index (χ0v) is 13.1. The number of thiocarbonyl (C=S) groups is 1. The van der Waals surface area contributed by atoms with Crippen LogP contribution in [0.5, 0.6) is 0 Å².